The molecule has 1 aliphatic rings. The van der Waals surface area contributed by atoms with Gasteiger partial charge in [-0.3, -0.25) is 4.79 Å². The highest BCUT2D eigenvalue weighted by Crippen LogP contribution is 2.47. The molecule has 1 aliphatic heterocycles. The number of ether oxygens (including phenoxy) is 1. The van der Waals surface area contributed by atoms with Crippen molar-refractivity contribution in [2.45, 2.75) is 6.42 Å². The van der Waals surface area contributed by atoms with Crippen LogP contribution in [-0.2, 0) is 9.53 Å². The molecule has 25 heavy (non-hydrogen) atoms. The Kier molecular flexibility index (Phi) is 4.29. The summed E-state index contributed by atoms with van der Waals surface area (Å²) in [4.78, 5) is 12.0. The average molecular weight is 346 g/mol. The van der Waals surface area contributed by atoms with Gasteiger partial charge in [0.2, 0.25) is 0 Å². The molecule has 4 rings (SSSR count). The number of rotatable bonds is 3. The lowest BCUT2D eigenvalue weighted by Crippen LogP contribution is -2.30. The number of carbonyl (C=O) groups is 1. The number of hydrogen-bond acceptors (Lipinski definition) is 2. The summed E-state index contributed by atoms with van der Waals surface area (Å²) in [5, 5.41) is 4.99. The second-order valence-electron chi connectivity index (χ2n) is 6.08. The minimum absolute atomic E-state index is 0.123. The van der Waals surface area contributed by atoms with Gasteiger partial charge in [-0.2, -0.15) is 0 Å². The van der Waals surface area contributed by atoms with Crippen molar-refractivity contribution in [3.8, 4) is 0 Å². The molecular formula is C22H19O2P. The summed E-state index contributed by atoms with van der Waals surface area (Å²) in [6, 6.07) is 31.7. The minimum Gasteiger partial charge on any atom is -0.461 e. The third-order valence-electron chi connectivity index (χ3n) is 4.65. The standard InChI is InChI=1S/C22H19O2P/c23-22-16-21(17-24-22)25(18-10-4-1-5-11-18,19-12-6-2-7-13-19)20-14-8-3-9-15-20/h1-15H,16-17H2. The monoisotopic (exact) mass is 346 g/mol. The van der Waals surface area contributed by atoms with Crippen molar-refractivity contribution in [2.24, 2.45) is 0 Å². The van der Waals surface area contributed by atoms with E-state index >= 15 is 0 Å². The van der Waals surface area contributed by atoms with Crippen molar-refractivity contribution in [1.29, 1.82) is 0 Å². The Hall–Kier alpha value is -2.57. The molecule has 2 nitrogen and oxygen atoms in total. The van der Waals surface area contributed by atoms with E-state index in [4.69, 9.17) is 4.74 Å². The van der Waals surface area contributed by atoms with Gasteiger partial charge in [0, 0.05) is 0 Å². The topological polar surface area (TPSA) is 26.3 Å². The van der Waals surface area contributed by atoms with Crippen LogP contribution in [0.4, 0.5) is 0 Å². The van der Waals surface area contributed by atoms with Gasteiger partial charge in [-0.05, 0) is 28.1 Å². The van der Waals surface area contributed by atoms with E-state index in [1.54, 1.807) is 0 Å². The smallest absolute Gasteiger partial charge is 0.310 e. The summed E-state index contributed by atoms with van der Waals surface area (Å²) in [5.41, 5.74) is 0. The molecule has 1 fully saturated rings. The summed E-state index contributed by atoms with van der Waals surface area (Å²) in [7, 11) is 0. The van der Waals surface area contributed by atoms with Crippen LogP contribution in [0.5, 0.6) is 0 Å². The highest BCUT2D eigenvalue weighted by Gasteiger charge is 2.33. The molecule has 124 valence electrons. The molecule has 0 amide bonds. The van der Waals surface area contributed by atoms with E-state index in [9.17, 15) is 4.79 Å². The predicted octanol–water partition coefficient (Wildman–Crippen LogP) is 3.10. The van der Waals surface area contributed by atoms with E-state index in [-0.39, 0.29) is 5.97 Å². The molecule has 0 bridgehead atoms. The lowest BCUT2D eigenvalue weighted by molar-refractivity contribution is -0.137. The molecule has 0 N–H and O–H groups in total. The van der Waals surface area contributed by atoms with E-state index < -0.39 is 6.89 Å². The quantitative estimate of drug-likeness (QED) is 0.538. The lowest BCUT2D eigenvalue weighted by atomic mass is 10.3. The number of benzene rings is 3. The van der Waals surface area contributed by atoms with Crippen LogP contribution in [0.25, 0.3) is 0 Å². The van der Waals surface area contributed by atoms with E-state index in [1.165, 1.54) is 21.2 Å². The van der Waals surface area contributed by atoms with Gasteiger partial charge in [-0.25, -0.2) is 0 Å². The van der Waals surface area contributed by atoms with Crippen LogP contribution in [0, 0.1) is 0 Å². The zero-order chi connectivity index (χ0) is 17.1. The normalized spacial score (nSPS) is 14.4. The van der Waals surface area contributed by atoms with Gasteiger partial charge in [-0.15, -0.1) is 0 Å². The lowest BCUT2D eigenvalue weighted by Gasteiger charge is -2.31. The van der Waals surface area contributed by atoms with E-state index in [0.29, 0.717) is 13.0 Å². The fourth-order valence-corrected chi connectivity index (χ4v) is 8.07. The molecule has 1 heterocycles. The maximum Gasteiger partial charge on any atom is 0.310 e. The maximum atomic E-state index is 12.0. The highest BCUT2D eigenvalue weighted by molar-refractivity contribution is 7.95. The summed E-state index contributed by atoms with van der Waals surface area (Å²) >= 11 is 0. The molecule has 0 saturated carbocycles. The molecule has 3 heteroatoms. The molecule has 0 radical (unpaired) electrons. The minimum atomic E-state index is -2.07. The van der Waals surface area contributed by atoms with Crippen LogP contribution >= 0.6 is 6.89 Å². The van der Waals surface area contributed by atoms with Gasteiger partial charge >= 0.3 is 5.97 Å². The summed E-state index contributed by atoms with van der Waals surface area (Å²) < 4.78 is 5.39. The Bertz CT molecular complexity index is 828. The predicted molar refractivity (Wildman–Crippen MR) is 106 cm³/mol. The maximum absolute atomic E-state index is 12.0. The van der Waals surface area contributed by atoms with E-state index in [2.05, 4.69) is 72.8 Å². The van der Waals surface area contributed by atoms with Crippen LogP contribution < -0.4 is 15.9 Å². The highest BCUT2D eigenvalue weighted by atomic mass is 31.2. The fourth-order valence-electron chi connectivity index (χ4n) is 3.60. The fraction of sp³-hybridized carbons (Fsp3) is 0.0909. The van der Waals surface area contributed by atoms with Crippen LogP contribution in [-0.4, -0.2) is 17.9 Å². The van der Waals surface area contributed by atoms with Crippen molar-refractivity contribution in [3.63, 3.8) is 0 Å². The van der Waals surface area contributed by atoms with Crippen LogP contribution in [0.2, 0.25) is 0 Å². The zero-order valence-corrected chi connectivity index (χ0v) is 14.7. The average Bonchev–Trinajstić information content (AvgIpc) is 3.12. The number of hydrogen-bond donors (Lipinski definition) is 0. The molecular weight excluding hydrogens is 327 g/mol. The second-order valence-corrected chi connectivity index (χ2v) is 9.60. The first kappa shape index (κ1) is 15.9. The molecule has 0 aliphatic carbocycles. The van der Waals surface area contributed by atoms with Gasteiger partial charge in [-0.1, -0.05) is 91.0 Å². The number of carbonyl (C=O) groups excluding carboxylic acids is 1. The molecule has 0 atom stereocenters. The largest absolute Gasteiger partial charge is 0.461 e. The van der Waals surface area contributed by atoms with Crippen molar-refractivity contribution in [2.75, 3.05) is 6.61 Å². The summed E-state index contributed by atoms with van der Waals surface area (Å²) in [5.74, 6) is -0.123. The van der Waals surface area contributed by atoms with E-state index in [1.807, 2.05) is 18.2 Å². The van der Waals surface area contributed by atoms with Gasteiger partial charge in [0.1, 0.15) is 6.61 Å². The first-order valence-corrected chi connectivity index (χ1v) is 10.2. The van der Waals surface area contributed by atoms with Gasteiger partial charge in [0.15, 0.2) is 0 Å². The Morgan fingerprint density at radius 1 is 0.640 bits per heavy atom. The Labute approximate surface area is 148 Å². The van der Waals surface area contributed by atoms with Gasteiger partial charge in [0.05, 0.1) is 6.42 Å². The Morgan fingerprint density at radius 3 is 1.36 bits per heavy atom. The Balaban J connectivity index is 2.16. The molecule has 0 aromatic heterocycles. The van der Waals surface area contributed by atoms with Gasteiger partial charge in [0.25, 0.3) is 0 Å². The summed E-state index contributed by atoms with van der Waals surface area (Å²) in [6.07, 6.45) is 0.395. The number of esters is 1. The van der Waals surface area contributed by atoms with Gasteiger partial charge < -0.3 is 4.74 Å². The molecule has 3 aromatic carbocycles. The third kappa shape index (κ3) is 2.73. The third-order valence-corrected chi connectivity index (χ3v) is 9.11. The van der Waals surface area contributed by atoms with Crippen molar-refractivity contribution in [3.05, 3.63) is 91.0 Å². The van der Waals surface area contributed by atoms with Crippen LogP contribution in [0.1, 0.15) is 6.42 Å². The van der Waals surface area contributed by atoms with E-state index in [0.717, 1.165) is 0 Å². The SMILES string of the molecule is O=C1CC(=P(c2ccccc2)(c2ccccc2)c2ccccc2)CO1. The second kappa shape index (κ2) is 6.74. The number of cyclic esters (lactones) is 1. The molecule has 0 spiro atoms. The van der Waals surface area contributed by atoms with Crippen LogP contribution in [0.3, 0.4) is 0 Å². The first-order valence-electron chi connectivity index (χ1n) is 8.38. The van der Waals surface area contributed by atoms with Crippen molar-refractivity contribution in [1.82, 2.24) is 0 Å². The van der Waals surface area contributed by atoms with Crippen molar-refractivity contribution >= 4 is 34.1 Å². The first-order chi connectivity index (χ1) is 12.3. The zero-order valence-electron chi connectivity index (χ0n) is 13.8. The Morgan fingerprint density at radius 2 is 1.04 bits per heavy atom. The van der Waals surface area contributed by atoms with Crippen LogP contribution in [0.15, 0.2) is 91.0 Å². The summed E-state index contributed by atoms with van der Waals surface area (Å²) in [6.45, 7) is -1.66. The van der Waals surface area contributed by atoms with Crippen molar-refractivity contribution < 1.29 is 9.53 Å². The molecule has 0 unspecified atom stereocenters. The molecule has 1 saturated heterocycles. The molecule has 3 aromatic rings.